The van der Waals surface area contributed by atoms with E-state index in [1.165, 1.54) is 5.56 Å². The van der Waals surface area contributed by atoms with Gasteiger partial charge in [0.15, 0.2) is 0 Å². The van der Waals surface area contributed by atoms with Crippen molar-refractivity contribution in [1.82, 2.24) is 9.80 Å². The molecule has 0 saturated carbocycles. The first-order valence-corrected chi connectivity index (χ1v) is 12.3. The molecule has 1 amide bonds. The molecule has 1 fully saturated rings. The average molecular weight is 513 g/mol. The maximum atomic E-state index is 12.7. The number of hydrogen-bond donors (Lipinski definition) is 1. The van der Waals surface area contributed by atoms with Gasteiger partial charge in [0, 0.05) is 63.1 Å². The average Bonchev–Trinajstić information content (AvgIpc) is 2.90. The number of amides is 1. The summed E-state index contributed by atoms with van der Waals surface area (Å²) >= 11 is 0. The van der Waals surface area contributed by atoms with Crippen LogP contribution in [0.15, 0.2) is 48.5 Å². The molecule has 2 aromatic carbocycles. The van der Waals surface area contributed by atoms with Crippen molar-refractivity contribution in [3.8, 4) is 5.75 Å². The zero-order valence-corrected chi connectivity index (χ0v) is 21.7. The summed E-state index contributed by atoms with van der Waals surface area (Å²) in [7, 11) is 1.65. The number of nitrogens with two attached hydrogens (primary N) is 1. The van der Waals surface area contributed by atoms with Crippen LogP contribution in [0.5, 0.6) is 5.75 Å². The number of carboxylic acids is 2. The molecule has 202 valence electrons. The second kappa shape index (κ2) is 14.8. The Hall–Kier alpha value is -3.63. The molecule has 1 aliphatic heterocycles. The SMILES string of the molecule is CCC(=O)N(c1ccc(OC)cc1)C(C)CN1CCN(CCc2ccc(N)cc2)CC1.O=C([O-])C(=O)[O-]. The smallest absolute Gasteiger partial charge is 0.226 e. The second-order valence-electron chi connectivity index (χ2n) is 8.87. The van der Waals surface area contributed by atoms with Crippen LogP contribution in [0.4, 0.5) is 11.4 Å². The number of anilines is 2. The fourth-order valence-electron chi connectivity index (χ4n) is 4.18. The number of piperazine rings is 1. The number of carbonyl (C=O) groups is 3. The lowest BCUT2D eigenvalue weighted by molar-refractivity contribution is -0.345. The Bertz CT molecular complexity index is 993. The number of methoxy groups -OCH3 is 1. The number of carboxylic acid groups (broad SMARTS) is 2. The van der Waals surface area contributed by atoms with Crippen molar-refractivity contribution < 1.29 is 29.3 Å². The summed E-state index contributed by atoms with van der Waals surface area (Å²) in [6, 6.07) is 16.1. The van der Waals surface area contributed by atoms with Crippen LogP contribution in [-0.2, 0) is 20.8 Å². The Morgan fingerprint density at radius 3 is 1.97 bits per heavy atom. The van der Waals surface area contributed by atoms with Crippen molar-refractivity contribution >= 4 is 29.2 Å². The number of nitrogen functional groups attached to an aromatic ring is 1. The molecule has 3 rings (SSSR count). The predicted octanol–water partition coefficient (Wildman–Crippen LogP) is -0.245. The van der Waals surface area contributed by atoms with Crippen LogP contribution in [0, 0.1) is 0 Å². The van der Waals surface area contributed by atoms with E-state index in [0.717, 1.165) is 62.8 Å². The molecule has 1 atom stereocenters. The van der Waals surface area contributed by atoms with Gasteiger partial charge in [0.1, 0.15) is 5.75 Å². The number of rotatable bonds is 9. The summed E-state index contributed by atoms with van der Waals surface area (Å²) in [6.45, 7) is 10.2. The molecular weight excluding hydrogens is 476 g/mol. The number of benzene rings is 2. The minimum atomic E-state index is -2.19. The fourth-order valence-corrected chi connectivity index (χ4v) is 4.18. The number of aliphatic carboxylic acids is 2. The number of nitrogens with zero attached hydrogens (tertiary/aromatic N) is 3. The van der Waals surface area contributed by atoms with E-state index in [-0.39, 0.29) is 11.9 Å². The van der Waals surface area contributed by atoms with E-state index in [1.54, 1.807) is 7.11 Å². The third kappa shape index (κ3) is 9.74. The molecule has 10 heteroatoms. The van der Waals surface area contributed by atoms with Gasteiger partial charge in [-0.3, -0.25) is 9.69 Å². The Kier molecular flexibility index (Phi) is 11.9. The van der Waals surface area contributed by atoms with Gasteiger partial charge in [0.25, 0.3) is 0 Å². The summed E-state index contributed by atoms with van der Waals surface area (Å²) < 4.78 is 5.26. The lowest BCUT2D eigenvalue weighted by Crippen LogP contribution is -2.52. The van der Waals surface area contributed by atoms with Gasteiger partial charge in [0.05, 0.1) is 19.0 Å². The van der Waals surface area contributed by atoms with Crippen LogP contribution in [0.1, 0.15) is 25.8 Å². The summed E-state index contributed by atoms with van der Waals surface area (Å²) in [5.74, 6) is -3.42. The Morgan fingerprint density at radius 1 is 0.946 bits per heavy atom. The predicted molar refractivity (Wildman–Crippen MR) is 138 cm³/mol. The van der Waals surface area contributed by atoms with Crippen LogP contribution < -0.4 is 25.6 Å². The highest BCUT2D eigenvalue weighted by Crippen LogP contribution is 2.23. The van der Waals surface area contributed by atoms with Crippen molar-refractivity contribution in [3.05, 3.63) is 54.1 Å². The van der Waals surface area contributed by atoms with Crippen LogP contribution in [0.3, 0.4) is 0 Å². The topological polar surface area (TPSA) is 142 Å². The highest BCUT2D eigenvalue weighted by Gasteiger charge is 2.25. The van der Waals surface area contributed by atoms with Gasteiger partial charge in [0.2, 0.25) is 5.91 Å². The standard InChI is InChI=1S/C25H36N4O2.C2H2O4/c1-4-25(30)29(23-9-11-24(31-3)12-10-23)20(2)19-28-17-15-27(16-18-28)14-13-21-5-7-22(26)8-6-21;3-1(4)2(5)6/h5-12,20H,4,13-19,26H2,1-3H3;(H,3,4)(H,5,6)/p-2. The monoisotopic (exact) mass is 512 g/mol. The molecule has 1 unspecified atom stereocenters. The molecule has 10 nitrogen and oxygen atoms in total. The maximum Gasteiger partial charge on any atom is 0.226 e. The van der Waals surface area contributed by atoms with Gasteiger partial charge in [-0.2, -0.15) is 0 Å². The minimum Gasteiger partial charge on any atom is -0.543 e. The first kappa shape index (κ1) is 29.6. The summed E-state index contributed by atoms with van der Waals surface area (Å²) in [6.07, 6.45) is 1.54. The molecule has 0 aliphatic carbocycles. The summed E-state index contributed by atoms with van der Waals surface area (Å²) in [5.41, 5.74) is 8.85. The van der Waals surface area contributed by atoms with Gasteiger partial charge in [-0.15, -0.1) is 0 Å². The molecule has 37 heavy (non-hydrogen) atoms. The lowest BCUT2D eigenvalue weighted by atomic mass is 10.1. The highest BCUT2D eigenvalue weighted by atomic mass is 16.5. The highest BCUT2D eigenvalue weighted by molar-refractivity contribution is 6.25. The van der Waals surface area contributed by atoms with Crippen LogP contribution in [-0.4, -0.2) is 80.1 Å². The van der Waals surface area contributed by atoms with E-state index < -0.39 is 11.9 Å². The van der Waals surface area contributed by atoms with Gasteiger partial charge in [-0.25, -0.2) is 0 Å². The largest absolute Gasteiger partial charge is 0.543 e. The van der Waals surface area contributed by atoms with Crippen molar-refractivity contribution in [2.24, 2.45) is 0 Å². The van der Waals surface area contributed by atoms with Gasteiger partial charge < -0.3 is 40.1 Å². The van der Waals surface area contributed by atoms with E-state index in [2.05, 4.69) is 28.9 Å². The minimum absolute atomic E-state index is 0.113. The number of ether oxygens (including phenoxy) is 1. The molecule has 1 heterocycles. The Balaban J connectivity index is 0.000000717. The molecule has 0 aromatic heterocycles. The van der Waals surface area contributed by atoms with E-state index in [4.69, 9.17) is 30.3 Å². The zero-order valence-electron chi connectivity index (χ0n) is 21.7. The normalized spacial score (nSPS) is 14.7. The quantitative estimate of drug-likeness (QED) is 0.356. The maximum absolute atomic E-state index is 12.7. The summed E-state index contributed by atoms with van der Waals surface area (Å²) in [5, 5.41) is 17.9. The molecule has 0 radical (unpaired) electrons. The number of carbonyl (C=O) groups excluding carboxylic acids is 3. The first-order chi connectivity index (χ1) is 17.6. The van der Waals surface area contributed by atoms with Crippen LogP contribution >= 0.6 is 0 Å². The molecule has 0 spiro atoms. The summed E-state index contributed by atoms with van der Waals surface area (Å²) in [4.78, 5) is 37.5. The molecule has 1 saturated heterocycles. The van der Waals surface area contributed by atoms with Gasteiger partial charge in [-0.1, -0.05) is 19.1 Å². The van der Waals surface area contributed by atoms with Crippen LogP contribution in [0.25, 0.3) is 0 Å². The zero-order chi connectivity index (χ0) is 27.4. The fraction of sp³-hybridized carbons (Fsp3) is 0.444. The van der Waals surface area contributed by atoms with Crippen molar-refractivity contribution in [2.45, 2.75) is 32.7 Å². The first-order valence-electron chi connectivity index (χ1n) is 12.3. The molecule has 1 aliphatic rings. The second-order valence-corrected chi connectivity index (χ2v) is 8.87. The van der Waals surface area contributed by atoms with Crippen molar-refractivity contribution in [3.63, 3.8) is 0 Å². The Morgan fingerprint density at radius 2 is 1.49 bits per heavy atom. The van der Waals surface area contributed by atoms with Gasteiger partial charge in [-0.05, 0) is 55.3 Å². The van der Waals surface area contributed by atoms with Gasteiger partial charge >= 0.3 is 0 Å². The van der Waals surface area contributed by atoms with E-state index >= 15 is 0 Å². The van der Waals surface area contributed by atoms with Crippen molar-refractivity contribution in [1.29, 1.82) is 0 Å². The lowest BCUT2D eigenvalue weighted by Gasteiger charge is -2.38. The molecule has 0 bridgehead atoms. The molecule has 2 N–H and O–H groups in total. The van der Waals surface area contributed by atoms with E-state index in [1.807, 2.05) is 48.2 Å². The van der Waals surface area contributed by atoms with E-state index in [0.29, 0.717) is 6.42 Å². The van der Waals surface area contributed by atoms with Crippen LogP contribution in [0.2, 0.25) is 0 Å². The third-order valence-electron chi connectivity index (χ3n) is 6.21. The molecule has 2 aromatic rings. The van der Waals surface area contributed by atoms with Crippen molar-refractivity contribution in [2.75, 3.05) is 57.0 Å². The third-order valence-corrected chi connectivity index (χ3v) is 6.21. The molecular formula is C27H36N4O6-2. The Labute approximate surface area is 218 Å². The number of hydrogen-bond acceptors (Lipinski definition) is 9. The van der Waals surface area contributed by atoms with E-state index in [9.17, 15) is 4.79 Å².